The third kappa shape index (κ3) is 1.94. The van der Waals surface area contributed by atoms with E-state index in [4.69, 9.17) is 0 Å². The van der Waals surface area contributed by atoms with Crippen LogP contribution in [-0.2, 0) is 10.2 Å². The zero-order chi connectivity index (χ0) is 13.5. The molecule has 0 saturated carbocycles. The predicted molar refractivity (Wildman–Crippen MR) is 67.1 cm³/mol. The number of hydrogen-bond acceptors (Lipinski definition) is 2. The SMILES string of the molecule is Cc1cc2ccc(F)cc2nc1C(C)(C)C(=O)O. The molecule has 0 unspecified atom stereocenters. The topological polar surface area (TPSA) is 50.2 Å². The van der Waals surface area contributed by atoms with E-state index >= 15 is 0 Å². The second-order valence-corrected chi connectivity index (χ2v) is 4.92. The molecule has 2 rings (SSSR count). The second kappa shape index (κ2) is 4.05. The Balaban J connectivity index is 2.72. The van der Waals surface area contributed by atoms with Gasteiger partial charge in [-0.25, -0.2) is 4.39 Å². The Morgan fingerprint density at radius 2 is 2.00 bits per heavy atom. The van der Waals surface area contributed by atoms with E-state index in [0.717, 1.165) is 10.9 Å². The van der Waals surface area contributed by atoms with Crippen molar-refractivity contribution in [2.24, 2.45) is 0 Å². The molecule has 1 N–H and O–H groups in total. The fraction of sp³-hybridized carbons (Fsp3) is 0.286. The van der Waals surface area contributed by atoms with Crippen molar-refractivity contribution in [1.29, 1.82) is 0 Å². The normalized spacial score (nSPS) is 11.8. The molecule has 3 nitrogen and oxygen atoms in total. The van der Waals surface area contributed by atoms with E-state index in [1.54, 1.807) is 19.9 Å². The quantitative estimate of drug-likeness (QED) is 0.887. The Morgan fingerprint density at radius 1 is 1.33 bits per heavy atom. The number of halogens is 1. The van der Waals surface area contributed by atoms with Gasteiger partial charge in [-0.05, 0) is 44.5 Å². The summed E-state index contributed by atoms with van der Waals surface area (Å²) in [6.07, 6.45) is 0. The smallest absolute Gasteiger partial charge is 0.315 e. The van der Waals surface area contributed by atoms with Crippen LogP contribution in [0.2, 0.25) is 0 Å². The molecule has 94 valence electrons. The van der Waals surface area contributed by atoms with Gasteiger partial charge in [0.05, 0.1) is 11.2 Å². The van der Waals surface area contributed by atoms with Gasteiger partial charge in [0.25, 0.3) is 0 Å². The summed E-state index contributed by atoms with van der Waals surface area (Å²) in [6.45, 7) is 5.00. The van der Waals surface area contributed by atoms with Crippen molar-refractivity contribution >= 4 is 16.9 Å². The number of fused-ring (bicyclic) bond motifs is 1. The van der Waals surface area contributed by atoms with E-state index in [9.17, 15) is 14.3 Å². The molecule has 0 aliphatic rings. The van der Waals surface area contributed by atoms with Gasteiger partial charge >= 0.3 is 5.97 Å². The first-order chi connectivity index (χ1) is 8.32. The number of rotatable bonds is 2. The van der Waals surface area contributed by atoms with E-state index in [-0.39, 0.29) is 5.82 Å². The van der Waals surface area contributed by atoms with Gasteiger partial charge in [0.15, 0.2) is 0 Å². The van der Waals surface area contributed by atoms with Crippen LogP contribution in [0, 0.1) is 12.7 Å². The zero-order valence-corrected chi connectivity index (χ0v) is 10.5. The summed E-state index contributed by atoms with van der Waals surface area (Å²) in [6, 6.07) is 6.16. The molecule has 0 bridgehead atoms. The lowest BCUT2D eigenvalue weighted by Crippen LogP contribution is -2.30. The molecule has 0 amide bonds. The highest BCUT2D eigenvalue weighted by molar-refractivity contribution is 5.84. The van der Waals surface area contributed by atoms with Crippen LogP contribution in [0.4, 0.5) is 4.39 Å². The monoisotopic (exact) mass is 247 g/mol. The lowest BCUT2D eigenvalue weighted by atomic mass is 9.86. The van der Waals surface area contributed by atoms with Crippen molar-refractivity contribution in [2.45, 2.75) is 26.2 Å². The first kappa shape index (κ1) is 12.5. The summed E-state index contributed by atoms with van der Waals surface area (Å²) in [7, 11) is 0. The Hall–Kier alpha value is -1.97. The van der Waals surface area contributed by atoms with Gasteiger partial charge in [0, 0.05) is 11.5 Å². The largest absolute Gasteiger partial charge is 0.481 e. The first-order valence-electron chi connectivity index (χ1n) is 5.63. The number of nitrogens with zero attached hydrogens (tertiary/aromatic N) is 1. The molecule has 18 heavy (non-hydrogen) atoms. The summed E-state index contributed by atoms with van der Waals surface area (Å²) in [5.74, 6) is -1.33. The van der Waals surface area contributed by atoms with Gasteiger partial charge in [-0.15, -0.1) is 0 Å². The lowest BCUT2D eigenvalue weighted by Gasteiger charge is -2.21. The number of carboxylic acids is 1. The number of pyridine rings is 1. The van der Waals surface area contributed by atoms with Crippen LogP contribution in [0.5, 0.6) is 0 Å². The van der Waals surface area contributed by atoms with E-state index in [1.165, 1.54) is 12.1 Å². The van der Waals surface area contributed by atoms with Gasteiger partial charge in [-0.2, -0.15) is 0 Å². The summed E-state index contributed by atoms with van der Waals surface area (Å²) >= 11 is 0. The van der Waals surface area contributed by atoms with E-state index < -0.39 is 11.4 Å². The molecular formula is C14H14FNO2. The minimum Gasteiger partial charge on any atom is -0.481 e. The Morgan fingerprint density at radius 3 is 2.61 bits per heavy atom. The Kier molecular flexibility index (Phi) is 2.81. The third-order valence-electron chi connectivity index (χ3n) is 3.10. The Bertz CT molecular complexity index is 635. The molecule has 1 heterocycles. The molecule has 0 radical (unpaired) electrons. The maximum absolute atomic E-state index is 13.2. The van der Waals surface area contributed by atoms with E-state index in [2.05, 4.69) is 4.98 Å². The van der Waals surface area contributed by atoms with Crippen molar-refractivity contribution in [2.75, 3.05) is 0 Å². The highest BCUT2D eigenvalue weighted by Crippen LogP contribution is 2.27. The molecular weight excluding hydrogens is 233 g/mol. The number of aryl methyl sites for hydroxylation is 1. The maximum atomic E-state index is 13.2. The summed E-state index contributed by atoms with van der Waals surface area (Å²) < 4.78 is 13.2. The number of hydrogen-bond donors (Lipinski definition) is 1. The van der Waals surface area contributed by atoms with E-state index in [0.29, 0.717) is 11.2 Å². The van der Waals surface area contributed by atoms with Crippen LogP contribution < -0.4 is 0 Å². The van der Waals surface area contributed by atoms with Crippen LogP contribution >= 0.6 is 0 Å². The number of aliphatic carboxylic acids is 1. The van der Waals surface area contributed by atoms with Gasteiger partial charge < -0.3 is 5.11 Å². The number of benzene rings is 1. The molecule has 0 atom stereocenters. The van der Waals surface area contributed by atoms with Crippen LogP contribution in [0.25, 0.3) is 10.9 Å². The first-order valence-corrected chi connectivity index (χ1v) is 5.63. The van der Waals surface area contributed by atoms with Crippen molar-refractivity contribution in [3.63, 3.8) is 0 Å². The molecule has 4 heteroatoms. The minimum absolute atomic E-state index is 0.377. The molecule has 1 aromatic carbocycles. The predicted octanol–water partition coefficient (Wildman–Crippen LogP) is 3.04. The summed E-state index contributed by atoms with van der Waals surface area (Å²) in [4.78, 5) is 15.6. The van der Waals surface area contributed by atoms with E-state index in [1.807, 2.05) is 13.0 Å². The van der Waals surface area contributed by atoms with Crippen LogP contribution in [0.15, 0.2) is 24.3 Å². The summed E-state index contributed by atoms with van der Waals surface area (Å²) in [5.41, 5.74) is 0.643. The molecule has 0 fully saturated rings. The number of aromatic nitrogens is 1. The van der Waals surface area contributed by atoms with Crippen LogP contribution in [-0.4, -0.2) is 16.1 Å². The van der Waals surface area contributed by atoms with Crippen molar-refractivity contribution in [3.05, 3.63) is 41.3 Å². The van der Waals surface area contributed by atoms with Gasteiger partial charge in [-0.1, -0.05) is 0 Å². The highest BCUT2D eigenvalue weighted by atomic mass is 19.1. The third-order valence-corrected chi connectivity index (χ3v) is 3.10. The molecule has 1 aromatic heterocycles. The zero-order valence-electron chi connectivity index (χ0n) is 10.5. The summed E-state index contributed by atoms with van der Waals surface area (Å²) in [5, 5.41) is 10.0. The average Bonchev–Trinajstić information content (AvgIpc) is 2.28. The standard InChI is InChI=1S/C14H14FNO2/c1-8-6-9-4-5-10(15)7-11(9)16-12(8)14(2,3)13(17)18/h4-7H,1-3H3,(H,17,18). The number of carboxylic acid groups (broad SMARTS) is 1. The number of carbonyl (C=O) groups is 1. The molecule has 0 aliphatic carbocycles. The lowest BCUT2D eigenvalue weighted by molar-refractivity contribution is -0.142. The van der Waals surface area contributed by atoms with Gasteiger partial charge in [-0.3, -0.25) is 9.78 Å². The van der Waals surface area contributed by atoms with Crippen LogP contribution in [0.3, 0.4) is 0 Å². The minimum atomic E-state index is -1.09. The van der Waals surface area contributed by atoms with Crippen molar-refractivity contribution in [3.8, 4) is 0 Å². The highest BCUT2D eigenvalue weighted by Gasteiger charge is 2.32. The molecule has 0 spiro atoms. The van der Waals surface area contributed by atoms with Crippen molar-refractivity contribution in [1.82, 2.24) is 4.98 Å². The Labute approximate surface area is 104 Å². The fourth-order valence-electron chi connectivity index (χ4n) is 1.98. The molecule has 0 aliphatic heterocycles. The van der Waals surface area contributed by atoms with Gasteiger partial charge in [0.2, 0.25) is 0 Å². The average molecular weight is 247 g/mol. The molecule has 2 aromatic rings. The molecule has 0 saturated heterocycles. The van der Waals surface area contributed by atoms with Gasteiger partial charge in [0.1, 0.15) is 11.2 Å². The van der Waals surface area contributed by atoms with Crippen molar-refractivity contribution < 1.29 is 14.3 Å². The van der Waals surface area contributed by atoms with Crippen LogP contribution in [0.1, 0.15) is 25.1 Å². The fourth-order valence-corrected chi connectivity index (χ4v) is 1.98. The maximum Gasteiger partial charge on any atom is 0.315 e. The second-order valence-electron chi connectivity index (χ2n) is 4.92.